The maximum Gasteiger partial charge on any atom is 0.407 e. The van der Waals surface area contributed by atoms with Crippen molar-refractivity contribution in [1.29, 1.82) is 0 Å². The number of unbranched alkanes of at least 4 members (excludes halogenated alkanes) is 3. The predicted octanol–water partition coefficient (Wildman–Crippen LogP) is 3.90. The average Bonchev–Trinajstić information content (AvgIpc) is 3.15. The van der Waals surface area contributed by atoms with Crippen LogP contribution in [0, 0.1) is 5.41 Å². The van der Waals surface area contributed by atoms with Crippen LogP contribution in [0.15, 0.2) is 25.3 Å². The first-order chi connectivity index (χ1) is 13.7. The summed E-state index contributed by atoms with van der Waals surface area (Å²) in [4.78, 5) is 38.1. The Morgan fingerprint density at radius 1 is 1.24 bits per heavy atom. The molecule has 0 aromatic rings. The second-order valence-electron chi connectivity index (χ2n) is 8.38. The molecule has 2 atom stereocenters. The topological polar surface area (TPSA) is 95.9 Å². The molecule has 1 heterocycles. The van der Waals surface area contributed by atoms with Gasteiger partial charge in [-0.1, -0.05) is 38.8 Å². The Kier molecular flexibility index (Phi) is 10.5. The Bertz CT molecular complexity index is 588. The number of amides is 2. The summed E-state index contributed by atoms with van der Waals surface area (Å²) in [6.45, 7) is 11.9. The van der Waals surface area contributed by atoms with Crippen LogP contribution >= 0.6 is 0 Å². The number of aliphatic carboxylic acids is 1. The molecule has 0 aliphatic carbocycles. The van der Waals surface area contributed by atoms with Gasteiger partial charge in [-0.15, -0.1) is 13.2 Å². The number of rotatable bonds is 13. The molecule has 1 aliphatic rings. The number of allylic oxidation sites excluding steroid dienone is 2. The van der Waals surface area contributed by atoms with E-state index >= 15 is 0 Å². The van der Waals surface area contributed by atoms with E-state index in [4.69, 9.17) is 4.74 Å². The van der Waals surface area contributed by atoms with Crippen LogP contribution in [0.1, 0.15) is 65.2 Å². The SMILES string of the molecule is C=CCCCCC[C@H](NC(=O)OCC(C)(C)CC=C)C(=O)N1CCC[C@H]1C(=O)O. The van der Waals surface area contributed by atoms with Gasteiger partial charge in [0.1, 0.15) is 12.1 Å². The van der Waals surface area contributed by atoms with Crippen LogP contribution in [-0.2, 0) is 14.3 Å². The molecule has 29 heavy (non-hydrogen) atoms. The fourth-order valence-electron chi connectivity index (χ4n) is 3.45. The van der Waals surface area contributed by atoms with Crippen LogP contribution in [0.5, 0.6) is 0 Å². The average molecular weight is 409 g/mol. The molecular weight excluding hydrogens is 372 g/mol. The predicted molar refractivity (Wildman–Crippen MR) is 113 cm³/mol. The monoisotopic (exact) mass is 408 g/mol. The lowest BCUT2D eigenvalue weighted by atomic mass is 9.91. The third-order valence-corrected chi connectivity index (χ3v) is 5.10. The van der Waals surface area contributed by atoms with Crippen molar-refractivity contribution < 1.29 is 24.2 Å². The van der Waals surface area contributed by atoms with E-state index < -0.39 is 24.1 Å². The van der Waals surface area contributed by atoms with Gasteiger partial charge >= 0.3 is 12.1 Å². The number of hydrogen-bond acceptors (Lipinski definition) is 4. The van der Waals surface area contributed by atoms with Crippen molar-refractivity contribution in [3.8, 4) is 0 Å². The van der Waals surface area contributed by atoms with Crippen LogP contribution in [-0.4, -0.2) is 53.2 Å². The lowest BCUT2D eigenvalue weighted by molar-refractivity contribution is -0.149. The molecule has 0 unspecified atom stereocenters. The third kappa shape index (κ3) is 8.71. The number of carbonyl (C=O) groups excluding carboxylic acids is 2. The molecule has 0 aromatic heterocycles. The van der Waals surface area contributed by atoms with Crippen LogP contribution in [0.4, 0.5) is 4.79 Å². The fraction of sp³-hybridized carbons (Fsp3) is 0.682. The summed E-state index contributed by atoms with van der Waals surface area (Å²) >= 11 is 0. The summed E-state index contributed by atoms with van der Waals surface area (Å²) in [6, 6.07) is -1.61. The minimum Gasteiger partial charge on any atom is -0.480 e. The Morgan fingerprint density at radius 2 is 1.97 bits per heavy atom. The summed E-state index contributed by atoms with van der Waals surface area (Å²) in [6.07, 6.45) is 8.72. The molecule has 0 aromatic carbocycles. The highest BCUT2D eigenvalue weighted by molar-refractivity contribution is 5.89. The number of carbonyl (C=O) groups is 3. The first-order valence-electron chi connectivity index (χ1n) is 10.4. The smallest absolute Gasteiger partial charge is 0.407 e. The second kappa shape index (κ2) is 12.3. The lowest BCUT2D eigenvalue weighted by Gasteiger charge is -2.28. The molecule has 1 fully saturated rings. The number of likely N-dealkylation sites (tertiary alicyclic amines) is 1. The van der Waals surface area contributed by atoms with Crippen molar-refractivity contribution in [3.05, 3.63) is 25.3 Å². The van der Waals surface area contributed by atoms with Gasteiger partial charge in [0, 0.05) is 12.0 Å². The van der Waals surface area contributed by atoms with Crippen LogP contribution in [0.3, 0.4) is 0 Å². The summed E-state index contributed by atoms with van der Waals surface area (Å²) in [5, 5.41) is 12.0. The van der Waals surface area contributed by atoms with Gasteiger partial charge in [0.25, 0.3) is 0 Å². The molecule has 1 saturated heterocycles. The van der Waals surface area contributed by atoms with Crippen molar-refractivity contribution >= 4 is 18.0 Å². The van der Waals surface area contributed by atoms with Gasteiger partial charge in [-0.2, -0.15) is 0 Å². The zero-order valence-corrected chi connectivity index (χ0v) is 17.8. The van der Waals surface area contributed by atoms with Gasteiger partial charge in [-0.05, 0) is 38.5 Å². The van der Waals surface area contributed by atoms with E-state index in [1.54, 1.807) is 6.08 Å². The quantitative estimate of drug-likeness (QED) is 0.356. The Balaban J connectivity index is 2.72. The summed E-state index contributed by atoms with van der Waals surface area (Å²) in [5.74, 6) is -1.35. The molecule has 7 heteroatoms. The van der Waals surface area contributed by atoms with Crippen molar-refractivity contribution in [2.24, 2.45) is 5.41 Å². The van der Waals surface area contributed by atoms with Crippen molar-refractivity contribution in [2.75, 3.05) is 13.2 Å². The number of nitrogens with zero attached hydrogens (tertiary/aromatic N) is 1. The zero-order valence-electron chi connectivity index (χ0n) is 17.8. The Hall–Kier alpha value is -2.31. The third-order valence-electron chi connectivity index (χ3n) is 5.10. The highest BCUT2D eigenvalue weighted by atomic mass is 16.5. The second-order valence-corrected chi connectivity index (χ2v) is 8.38. The van der Waals surface area contributed by atoms with Crippen LogP contribution in [0.2, 0.25) is 0 Å². The number of hydrogen-bond donors (Lipinski definition) is 2. The van der Waals surface area contributed by atoms with Gasteiger partial charge < -0.3 is 20.1 Å². The molecule has 0 bridgehead atoms. The molecule has 164 valence electrons. The molecular formula is C22H36N2O5. The summed E-state index contributed by atoms with van der Waals surface area (Å²) < 4.78 is 5.32. The van der Waals surface area contributed by atoms with Gasteiger partial charge in [0.2, 0.25) is 5.91 Å². The highest BCUT2D eigenvalue weighted by Crippen LogP contribution is 2.22. The van der Waals surface area contributed by atoms with E-state index in [-0.39, 0.29) is 17.9 Å². The van der Waals surface area contributed by atoms with E-state index in [0.29, 0.717) is 32.2 Å². The molecule has 2 N–H and O–H groups in total. The molecule has 0 spiro atoms. The zero-order chi connectivity index (χ0) is 21.9. The lowest BCUT2D eigenvalue weighted by Crippen LogP contribution is -2.52. The minimum absolute atomic E-state index is 0.201. The molecule has 0 saturated carbocycles. The van der Waals surface area contributed by atoms with E-state index in [1.165, 1.54) is 4.90 Å². The normalized spacial score (nSPS) is 17.4. The van der Waals surface area contributed by atoms with Crippen molar-refractivity contribution in [3.63, 3.8) is 0 Å². The van der Waals surface area contributed by atoms with E-state index in [9.17, 15) is 19.5 Å². The van der Waals surface area contributed by atoms with Crippen LogP contribution < -0.4 is 5.32 Å². The van der Waals surface area contributed by atoms with Crippen molar-refractivity contribution in [2.45, 2.75) is 77.3 Å². The first kappa shape index (κ1) is 24.7. The van der Waals surface area contributed by atoms with Crippen LogP contribution in [0.25, 0.3) is 0 Å². The number of carboxylic acid groups (broad SMARTS) is 1. The Morgan fingerprint density at radius 3 is 2.59 bits per heavy atom. The minimum atomic E-state index is -1.01. The fourth-order valence-corrected chi connectivity index (χ4v) is 3.45. The molecule has 0 radical (unpaired) electrons. The van der Waals surface area contributed by atoms with E-state index in [2.05, 4.69) is 18.5 Å². The van der Waals surface area contributed by atoms with Gasteiger partial charge in [0.05, 0.1) is 6.61 Å². The molecule has 2 amide bonds. The summed E-state index contributed by atoms with van der Waals surface area (Å²) in [5.41, 5.74) is -0.243. The number of ether oxygens (including phenoxy) is 1. The number of carboxylic acids is 1. The van der Waals surface area contributed by atoms with E-state index in [1.807, 2.05) is 19.9 Å². The standard InChI is InChI=1S/C22H36N2O5/c1-5-7-8-9-10-12-17(19(25)24-15-11-13-18(24)20(26)27)23-21(28)29-16-22(3,4)14-6-2/h5-6,17-18H,1-2,7-16H2,3-4H3,(H,23,28)(H,26,27)/t17-,18-/m0/s1. The van der Waals surface area contributed by atoms with Crippen molar-refractivity contribution in [1.82, 2.24) is 10.2 Å². The highest BCUT2D eigenvalue weighted by Gasteiger charge is 2.37. The summed E-state index contributed by atoms with van der Waals surface area (Å²) in [7, 11) is 0. The molecule has 1 rings (SSSR count). The molecule has 7 nitrogen and oxygen atoms in total. The van der Waals surface area contributed by atoms with Gasteiger partial charge in [-0.3, -0.25) is 4.79 Å². The van der Waals surface area contributed by atoms with Gasteiger partial charge in [0.15, 0.2) is 0 Å². The number of nitrogens with one attached hydrogen (secondary N) is 1. The largest absolute Gasteiger partial charge is 0.480 e. The molecule has 1 aliphatic heterocycles. The van der Waals surface area contributed by atoms with Gasteiger partial charge in [-0.25, -0.2) is 9.59 Å². The maximum atomic E-state index is 13.0. The number of alkyl carbamates (subject to hydrolysis) is 1. The Labute approximate surface area is 174 Å². The maximum absolute atomic E-state index is 13.0. The first-order valence-corrected chi connectivity index (χ1v) is 10.4. The van der Waals surface area contributed by atoms with E-state index in [0.717, 1.165) is 25.7 Å².